The predicted molar refractivity (Wildman–Crippen MR) is 128 cm³/mol. The van der Waals surface area contributed by atoms with Crippen LogP contribution in [0.2, 0.25) is 10.0 Å². The molecule has 0 radical (unpaired) electrons. The second kappa shape index (κ2) is 9.40. The minimum atomic E-state index is -0.354. The number of phenols is 1. The summed E-state index contributed by atoms with van der Waals surface area (Å²) in [5.41, 5.74) is 8.62. The summed E-state index contributed by atoms with van der Waals surface area (Å²) in [6.07, 6.45) is 0. The van der Waals surface area contributed by atoms with Crippen LogP contribution in [0, 0.1) is 5.41 Å². The highest BCUT2D eigenvalue weighted by Gasteiger charge is 2.13. The second-order valence-corrected chi connectivity index (χ2v) is 7.97. The molecule has 0 bridgehead atoms. The fourth-order valence-electron chi connectivity index (χ4n) is 3.18. The summed E-state index contributed by atoms with van der Waals surface area (Å²) < 4.78 is 5.48. The van der Waals surface area contributed by atoms with Gasteiger partial charge >= 0.3 is 0 Å². The number of nitrogen functional groups attached to an aromatic ring is 1. The maximum Gasteiger partial charge on any atom is 0.258 e. The first-order valence-electron chi connectivity index (χ1n) is 9.82. The van der Waals surface area contributed by atoms with Crippen LogP contribution in [0.15, 0.2) is 54.6 Å². The van der Waals surface area contributed by atoms with E-state index in [4.69, 9.17) is 39.1 Å². The third-order valence-corrected chi connectivity index (χ3v) is 5.75. The van der Waals surface area contributed by atoms with Gasteiger partial charge in [-0.2, -0.15) is 0 Å². The number of nitrogens with one attached hydrogen (secondary N) is 3. The zero-order chi connectivity index (χ0) is 23.5. The number of aromatic hydroxyl groups is 1. The van der Waals surface area contributed by atoms with Crippen LogP contribution in [0.1, 0.15) is 11.1 Å². The van der Waals surface area contributed by atoms with Crippen LogP contribution in [0.5, 0.6) is 11.5 Å². The van der Waals surface area contributed by atoms with Crippen molar-refractivity contribution in [3.8, 4) is 22.9 Å². The number of nitrogens with zero attached hydrogens (tertiary/aromatic N) is 1. The molecule has 1 heterocycles. The van der Waals surface area contributed by atoms with Gasteiger partial charge in [0.1, 0.15) is 23.2 Å². The molecule has 1 aromatic heterocycles. The van der Waals surface area contributed by atoms with Gasteiger partial charge in [-0.25, -0.2) is 4.98 Å². The summed E-state index contributed by atoms with van der Waals surface area (Å²) in [5.74, 6) is 0.308. The number of H-pyrrole nitrogens is 1. The highest BCUT2D eigenvalue weighted by Crippen LogP contribution is 2.32. The Morgan fingerprint density at radius 2 is 2.00 bits per heavy atom. The molecule has 10 heteroatoms. The van der Waals surface area contributed by atoms with Crippen LogP contribution in [0.3, 0.4) is 0 Å². The van der Waals surface area contributed by atoms with Gasteiger partial charge in [0.25, 0.3) is 5.91 Å². The molecule has 0 unspecified atom stereocenters. The molecule has 168 valence electrons. The van der Waals surface area contributed by atoms with Crippen LogP contribution in [-0.2, 0) is 11.3 Å². The molecule has 3 aromatic carbocycles. The van der Waals surface area contributed by atoms with Crippen LogP contribution in [0.4, 0.5) is 0 Å². The molecule has 0 fully saturated rings. The number of hydrogen-bond acceptors (Lipinski definition) is 5. The zero-order valence-electron chi connectivity index (χ0n) is 17.2. The summed E-state index contributed by atoms with van der Waals surface area (Å²) in [6, 6.07) is 15.0. The normalized spacial score (nSPS) is 10.8. The van der Waals surface area contributed by atoms with E-state index in [-0.39, 0.29) is 30.6 Å². The number of aromatic nitrogens is 2. The number of amidine groups is 1. The Labute approximate surface area is 198 Å². The van der Waals surface area contributed by atoms with E-state index in [0.29, 0.717) is 49.3 Å². The summed E-state index contributed by atoms with van der Waals surface area (Å²) in [4.78, 5) is 19.7. The third kappa shape index (κ3) is 5.02. The van der Waals surface area contributed by atoms with Crippen LogP contribution in [0.25, 0.3) is 22.4 Å². The fraction of sp³-hybridized carbons (Fsp3) is 0.0870. The molecule has 1 amide bonds. The first kappa shape index (κ1) is 22.4. The van der Waals surface area contributed by atoms with Crippen molar-refractivity contribution in [2.24, 2.45) is 5.73 Å². The average Bonchev–Trinajstić information content (AvgIpc) is 3.21. The lowest BCUT2D eigenvalue weighted by atomic mass is 10.2. The Balaban J connectivity index is 1.40. The van der Waals surface area contributed by atoms with Crippen molar-refractivity contribution in [2.45, 2.75) is 6.54 Å². The molecule has 4 rings (SSSR count). The van der Waals surface area contributed by atoms with E-state index in [1.165, 1.54) is 6.07 Å². The molecule has 0 saturated carbocycles. The Bertz CT molecular complexity index is 1370. The lowest BCUT2D eigenvalue weighted by Crippen LogP contribution is -2.28. The standard InChI is InChI=1S/C23H19Cl2N5O3/c24-16-3-1-2-13(21(16)25)10-28-20(32)11-33-14-5-6-15(19(31)9-14)23-29-17-7-4-12(22(26)27)8-18(17)30-23/h1-9,31H,10-11H2,(H3,26,27)(H,28,32)(H,29,30). The van der Waals surface area contributed by atoms with Crippen molar-refractivity contribution in [3.63, 3.8) is 0 Å². The monoisotopic (exact) mass is 483 g/mol. The topological polar surface area (TPSA) is 137 Å². The number of fused-ring (bicyclic) bond motifs is 1. The predicted octanol–water partition coefficient (Wildman–Crippen LogP) is 4.22. The van der Waals surface area contributed by atoms with Crippen LogP contribution in [-0.4, -0.2) is 33.4 Å². The number of benzene rings is 3. The SMILES string of the molecule is N=C(N)c1ccc2nc(-c3ccc(OCC(=O)NCc4cccc(Cl)c4Cl)cc3O)[nH]c2c1. The van der Waals surface area contributed by atoms with Gasteiger partial charge in [-0.15, -0.1) is 0 Å². The first-order valence-corrected chi connectivity index (χ1v) is 10.6. The Kier molecular flexibility index (Phi) is 6.39. The van der Waals surface area contributed by atoms with Crippen molar-refractivity contribution < 1.29 is 14.6 Å². The van der Waals surface area contributed by atoms with E-state index in [2.05, 4.69) is 15.3 Å². The van der Waals surface area contributed by atoms with Crippen LogP contribution >= 0.6 is 23.2 Å². The van der Waals surface area contributed by atoms with E-state index in [0.717, 1.165) is 0 Å². The lowest BCUT2D eigenvalue weighted by molar-refractivity contribution is -0.123. The maximum absolute atomic E-state index is 12.1. The maximum atomic E-state index is 12.1. The van der Waals surface area contributed by atoms with Gasteiger partial charge in [0.05, 0.1) is 26.6 Å². The summed E-state index contributed by atoms with van der Waals surface area (Å²) >= 11 is 12.1. The second-order valence-electron chi connectivity index (χ2n) is 7.19. The largest absolute Gasteiger partial charge is 0.507 e. The number of carbonyl (C=O) groups excluding carboxylic acids is 1. The minimum Gasteiger partial charge on any atom is -0.507 e. The smallest absolute Gasteiger partial charge is 0.258 e. The van der Waals surface area contributed by atoms with Crippen molar-refractivity contribution in [1.29, 1.82) is 5.41 Å². The highest BCUT2D eigenvalue weighted by atomic mass is 35.5. The van der Waals surface area contributed by atoms with Crippen molar-refractivity contribution in [1.82, 2.24) is 15.3 Å². The van der Waals surface area contributed by atoms with Gasteiger partial charge in [-0.1, -0.05) is 35.3 Å². The Morgan fingerprint density at radius 3 is 2.76 bits per heavy atom. The third-order valence-electron chi connectivity index (χ3n) is 4.89. The summed E-state index contributed by atoms with van der Waals surface area (Å²) in [5, 5.41) is 21.5. The van der Waals surface area contributed by atoms with E-state index < -0.39 is 0 Å². The molecule has 0 saturated heterocycles. The highest BCUT2D eigenvalue weighted by molar-refractivity contribution is 6.42. The van der Waals surface area contributed by atoms with Crippen molar-refractivity contribution in [3.05, 3.63) is 75.8 Å². The number of amides is 1. The molecule has 8 nitrogen and oxygen atoms in total. The van der Waals surface area contributed by atoms with Gasteiger partial charge in [0.15, 0.2) is 6.61 Å². The zero-order valence-corrected chi connectivity index (χ0v) is 18.7. The molecule has 6 N–H and O–H groups in total. The van der Waals surface area contributed by atoms with E-state index >= 15 is 0 Å². The minimum absolute atomic E-state index is 0.0444. The molecule has 4 aromatic rings. The Hall–Kier alpha value is -3.75. The number of carbonyl (C=O) groups is 1. The number of imidazole rings is 1. The molecule has 0 aliphatic rings. The molecular weight excluding hydrogens is 465 g/mol. The fourth-order valence-corrected chi connectivity index (χ4v) is 3.57. The summed E-state index contributed by atoms with van der Waals surface area (Å²) in [6.45, 7) is -0.0292. The number of halogens is 2. The number of phenolic OH excluding ortho intramolecular Hbond substituents is 1. The number of aromatic amines is 1. The molecule has 0 aliphatic carbocycles. The van der Waals surface area contributed by atoms with Gasteiger partial charge < -0.3 is 25.9 Å². The average molecular weight is 484 g/mol. The van der Waals surface area contributed by atoms with Crippen molar-refractivity contribution >= 4 is 46.0 Å². The van der Waals surface area contributed by atoms with Crippen molar-refractivity contribution in [2.75, 3.05) is 6.61 Å². The number of nitrogens with two attached hydrogens (primary N) is 1. The lowest BCUT2D eigenvalue weighted by Gasteiger charge is -2.10. The van der Waals surface area contributed by atoms with E-state index in [9.17, 15) is 9.90 Å². The van der Waals surface area contributed by atoms with E-state index in [1.54, 1.807) is 48.5 Å². The molecule has 0 aliphatic heterocycles. The number of rotatable bonds is 7. The van der Waals surface area contributed by atoms with Crippen LogP contribution < -0.4 is 15.8 Å². The molecule has 0 spiro atoms. The van der Waals surface area contributed by atoms with Gasteiger partial charge in [-0.05, 0) is 42.0 Å². The number of hydrogen-bond donors (Lipinski definition) is 5. The quantitative estimate of drug-likeness (QED) is 0.198. The number of ether oxygens (including phenoxy) is 1. The summed E-state index contributed by atoms with van der Waals surface area (Å²) in [7, 11) is 0. The molecule has 0 atom stereocenters. The van der Waals surface area contributed by atoms with Gasteiger partial charge in [0, 0.05) is 18.2 Å². The van der Waals surface area contributed by atoms with E-state index in [1.807, 2.05) is 0 Å². The van der Waals surface area contributed by atoms with Gasteiger partial charge in [-0.3, -0.25) is 10.2 Å². The molecular formula is C23H19Cl2N5O3. The Morgan fingerprint density at radius 1 is 1.18 bits per heavy atom. The molecule has 33 heavy (non-hydrogen) atoms. The van der Waals surface area contributed by atoms with Gasteiger partial charge in [0.2, 0.25) is 0 Å². The first-order chi connectivity index (χ1) is 15.8.